The average molecular weight is 522 g/mol. The molecule has 1 fully saturated rings. The first kappa shape index (κ1) is 26.1. The van der Waals surface area contributed by atoms with Crippen LogP contribution in [0.5, 0.6) is 0 Å². The Kier molecular flexibility index (Phi) is 8.65. The van der Waals surface area contributed by atoms with Gasteiger partial charge in [0.05, 0.1) is 31.1 Å². The normalized spacial score (nSPS) is 14.1. The number of aliphatic imine (C=N–C) groups is 1. The minimum Gasteiger partial charge on any atom is -0.462 e. The fourth-order valence-electron chi connectivity index (χ4n) is 3.73. The van der Waals surface area contributed by atoms with E-state index in [1.807, 2.05) is 4.90 Å². The molecule has 0 radical (unpaired) electrons. The number of nitrogens with zero attached hydrogens (tertiary/aromatic N) is 5. The van der Waals surface area contributed by atoms with Crippen LogP contribution in [0.1, 0.15) is 22.8 Å². The second-order valence-corrected chi connectivity index (χ2v) is 8.38. The number of morpholine rings is 1. The summed E-state index contributed by atoms with van der Waals surface area (Å²) in [6, 6.07) is 8.79. The van der Waals surface area contributed by atoms with Crippen molar-refractivity contribution in [1.82, 2.24) is 15.0 Å². The highest BCUT2D eigenvalue weighted by Crippen LogP contribution is 2.37. The predicted octanol–water partition coefficient (Wildman–Crippen LogP) is 3.95. The minimum atomic E-state index is -0.493. The van der Waals surface area contributed by atoms with E-state index in [4.69, 9.17) is 36.8 Å². The van der Waals surface area contributed by atoms with E-state index >= 15 is 0 Å². The van der Waals surface area contributed by atoms with Gasteiger partial charge in [0.25, 0.3) is 0 Å². The predicted molar refractivity (Wildman–Crippen MR) is 146 cm³/mol. The van der Waals surface area contributed by atoms with Crippen molar-refractivity contribution in [1.29, 1.82) is 0 Å². The smallest absolute Gasteiger partial charge is 0.338 e. The van der Waals surface area contributed by atoms with Gasteiger partial charge in [-0.15, -0.1) is 0 Å². The average Bonchev–Trinajstić information content (AvgIpc) is 2.93. The lowest BCUT2D eigenvalue weighted by Gasteiger charge is -2.28. The van der Waals surface area contributed by atoms with Gasteiger partial charge in [-0.1, -0.05) is 17.7 Å². The van der Waals surface area contributed by atoms with Crippen LogP contribution in [0.25, 0.3) is 17.0 Å². The first-order chi connectivity index (χ1) is 18.0. The van der Waals surface area contributed by atoms with Crippen LogP contribution in [-0.2, 0) is 9.47 Å². The number of anilines is 3. The molecule has 0 amide bonds. The summed E-state index contributed by atoms with van der Waals surface area (Å²) in [4.78, 5) is 32.5. The van der Waals surface area contributed by atoms with Gasteiger partial charge in [0.2, 0.25) is 5.95 Å². The van der Waals surface area contributed by atoms with E-state index in [1.54, 1.807) is 69.0 Å². The topological polar surface area (TPSA) is 128 Å². The van der Waals surface area contributed by atoms with Gasteiger partial charge in [0.1, 0.15) is 5.02 Å². The monoisotopic (exact) mass is 521 g/mol. The number of hydrogen-bond donors (Lipinski definition) is 2. The maximum Gasteiger partial charge on any atom is 0.338 e. The van der Waals surface area contributed by atoms with Crippen molar-refractivity contribution in [3.63, 3.8) is 0 Å². The van der Waals surface area contributed by atoms with Crippen molar-refractivity contribution in [3.05, 3.63) is 65.0 Å². The number of esters is 1. The molecule has 11 heteroatoms. The number of nitrogens with one attached hydrogen (secondary N) is 1. The van der Waals surface area contributed by atoms with Crippen LogP contribution in [0.4, 0.5) is 17.5 Å². The van der Waals surface area contributed by atoms with Crippen LogP contribution >= 0.6 is 11.6 Å². The molecule has 1 aliphatic rings. The summed E-state index contributed by atoms with van der Waals surface area (Å²) in [6.07, 6.45) is 6.61. The van der Waals surface area contributed by atoms with E-state index in [2.05, 4.69) is 15.3 Å². The highest BCUT2D eigenvalue weighted by atomic mass is 35.5. The molecule has 3 aromatic rings. The molecular weight excluding hydrogens is 494 g/mol. The first-order valence-corrected chi connectivity index (χ1v) is 12.2. The molecule has 0 saturated carbocycles. The largest absolute Gasteiger partial charge is 0.462 e. The van der Waals surface area contributed by atoms with Crippen LogP contribution in [0.3, 0.4) is 0 Å². The number of aromatic nitrogens is 3. The van der Waals surface area contributed by atoms with Gasteiger partial charge in [0.15, 0.2) is 5.82 Å². The zero-order valence-electron chi connectivity index (χ0n) is 20.6. The molecule has 192 valence electrons. The van der Waals surface area contributed by atoms with Gasteiger partial charge in [-0.2, -0.15) is 4.98 Å². The SMILES string of the molecule is CCOC(=O)c1ccc(C(N)=CC=NC)cc1-c1nc(N2CCOCC2)nc(Nc2ccncc2)c1Cl. The van der Waals surface area contributed by atoms with Crippen LogP contribution in [0.15, 0.2) is 53.8 Å². The Morgan fingerprint density at radius 1 is 1.24 bits per heavy atom. The molecule has 37 heavy (non-hydrogen) atoms. The van der Waals surface area contributed by atoms with Crippen LogP contribution < -0.4 is 16.0 Å². The molecular formula is C26H28ClN7O3. The fraction of sp³-hybridized carbons (Fsp3) is 0.269. The lowest BCUT2D eigenvalue weighted by Crippen LogP contribution is -2.37. The zero-order valence-corrected chi connectivity index (χ0v) is 21.4. The summed E-state index contributed by atoms with van der Waals surface area (Å²) < 4.78 is 10.8. The van der Waals surface area contributed by atoms with E-state index in [9.17, 15) is 4.79 Å². The lowest BCUT2D eigenvalue weighted by atomic mass is 9.99. The van der Waals surface area contributed by atoms with Crippen molar-refractivity contribution in [2.24, 2.45) is 10.7 Å². The van der Waals surface area contributed by atoms with Crippen LogP contribution in [0.2, 0.25) is 5.02 Å². The van der Waals surface area contributed by atoms with Crippen molar-refractivity contribution in [2.45, 2.75) is 6.92 Å². The molecule has 0 atom stereocenters. The van der Waals surface area contributed by atoms with Crippen molar-refractivity contribution >= 4 is 46.9 Å². The second kappa shape index (κ2) is 12.3. The number of halogens is 1. The third-order valence-corrected chi connectivity index (χ3v) is 5.94. The van der Waals surface area contributed by atoms with E-state index < -0.39 is 5.97 Å². The van der Waals surface area contributed by atoms with E-state index in [1.165, 1.54) is 0 Å². The maximum atomic E-state index is 12.9. The Morgan fingerprint density at radius 3 is 2.70 bits per heavy atom. The van der Waals surface area contributed by atoms with Gasteiger partial charge < -0.3 is 25.4 Å². The number of hydrogen-bond acceptors (Lipinski definition) is 10. The number of nitrogens with two attached hydrogens (primary N) is 1. The number of carbonyl (C=O) groups excluding carboxylic acids is 1. The highest BCUT2D eigenvalue weighted by molar-refractivity contribution is 6.35. The van der Waals surface area contributed by atoms with Crippen LogP contribution in [0, 0.1) is 0 Å². The van der Waals surface area contributed by atoms with Crippen LogP contribution in [-0.4, -0.2) is 67.1 Å². The molecule has 0 bridgehead atoms. The Bertz CT molecular complexity index is 1310. The van der Waals surface area contributed by atoms with Gasteiger partial charge in [-0.25, -0.2) is 9.78 Å². The summed E-state index contributed by atoms with van der Waals surface area (Å²) in [6.45, 7) is 4.32. The number of pyridine rings is 1. The number of allylic oxidation sites excluding steroid dienone is 1. The van der Waals surface area contributed by atoms with Gasteiger partial charge >= 0.3 is 5.97 Å². The van der Waals surface area contributed by atoms with Gasteiger partial charge in [0, 0.05) is 55.7 Å². The molecule has 1 aromatic carbocycles. The van der Waals surface area contributed by atoms with Crippen molar-refractivity contribution in [2.75, 3.05) is 50.2 Å². The molecule has 1 saturated heterocycles. The second-order valence-electron chi connectivity index (χ2n) is 8.01. The number of rotatable bonds is 8. The Hall–Kier alpha value is -4.02. The van der Waals surface area contributed by atoms with Crippen molar-refractivity contribution < 1.29 is 14.3 Å². The Balaban J connectivity index is 1.91. The standard InChI is InChI=1S/C26H28ClN7O3/c1-3-37-25(35)19-5-4-17(21(28)8-9-29-2)16-20(19)23-22(27)24(31-18-6-10-30-11-7-18)33-26(32-23)34-12-14-36-15-13-34/h4-11,16H,3,12-15,28H2,1-2H3,(H,30,31,32,33). The lowest BCUT2D eigenvalue weighted by molar-refractivity contribution is 0.0527. The quantitative estimate of drug-likeness (QED) is 0.334. The third kappa shape index (κ3) is 6.22. The fourth-order valence-corrected chi connectivity index (χ4v) is 3.96. The molecule has 0 unspecified atom stereocenters. The number of ether oxygens (including phenoxy) is 2. The Morgan fingerprint density at radius 2 is 2.00 bits per heavy atom. The maximum absolute atomic E-state index is 12.9. The number of benzene rings is 1. The summed E-state index contributed by atoms with van der Waals surface area (Å²) in [5, 5.41) is 3.49. The zero-order chi connectivity index (χ0) is 26.2. The molecule has 1 aliphatic heterocycles. The molecule has 0 spiro atoms. The molecule has 10 nitrogen and oxygen atoms in total. The van der Waals surface area contributed by atoms with E-state index in [0.29, 0.717) is 66.2 Å². The number of carbonyl (C=O) groups is 1. The Labute approximate surface area is 220 Å². The van der Waals surface area contributed by atoms with Gasteiger partial charge in [-0.05, 0) is 42.8 Å². The summed E-state index contributed by atoms with van der Waals surface area (Å²) >= 11 is 6.91. The first-order valence-electron chi connectivity index (χ1n) is 11.8. The van der Waals surface area contributed by atoms with Gasteiger partial charge in [-0.3, -0.25) is 9.98 Å². The highest BCUT2D eigenvalue weighted by Gasteiger charge is 2.24. The van der Waals surface area contributed by atoms with E-state index in [-0.39, 0.29) is 11.6 Å². The summed E-state index contributed by atoms with van der Waals surface area (Å²) in [5.41, 5.74) is 9.33. The minimum absolute atomic E-state index is 0.223. The summed E-state index contributed by atoms with van der Waals surface area (Å²) in [5.74, 6) is 0.357. The molecule has 4 rings (SSSR count). The molecule has 3 N–H and O–H groups in total. The van der Waals surface area contributed by atoms with E-state index in [0.717, 1.165) is 5.69 Å². The van der Waals surface area contributed by atoms with Crippen molar-refractivity contribution in [3.8, 4) is 11.3 Å². The third-order valence-electron chi connectivity index (χ3n) is 5.58. The summed E-state index contributed by atoms with van der Waals surface area (Å²) in [7, 11) is 1.66. The molecule has 3 heterocycles. The molecule has 0 aliphatic carbocycles. The molecule has 2 aromatic heterocycles.